The van der Waals surface area contributed by atoms with Crippen LogP contribution < -0.4 is 15.4 Å². The molecule has 1 atom stereocenters. The molecule has 0 saturated heterocycles. The molecule has 0 spiro atoms. The van der Waals surface area contributed by atoms with Gasteiger partial charge in [0.05, 0.1) is 0 Å². The number of nitrogens with one attached hydrogen (secondary N) is 2. The normalized spacial score (nSPS) is 12.0. The Bertz CT molecular complexity index is 424. The minimum Gasteiger partial charge on any atom is -0.478 e. The summed E-state index contributed by atoms with van der Waals surface area (Å²) in [6.45, 7) is 4.75. The SMILES string of the molecule is CCCNC(=O)C(C)Oc1ccc(CNC)cc1F. The summed E-state index contributed by atoms with van der Waals surface area (Å²) in [6.07, 6.45) is 0.141. The molecule has 0 aromatic heterocycles. The summed E-state index contributed by atoms with van der Waals surface area (Å²) < 4.78 is 19.1. The zero-order chi connectivity index (χ0) is 14.3. The lowest BCUT2D eigenvalue weighted by Crippen LogP contribution is -2.36. The molecule has 1 amide bonds. The Morgan fingerprint density at radius 1 is 1.47 bits per heavy atom. The molecule has 1 rings (SSSR count). The van der Waals surface area contributed by atoms with E-state index in [2.05, 4.69) is 10.6 Å². The highest BCUT2D eigenvalue weighted by molar-refractivity contribution is 5.80. The third-order valence-corrected chi connectivity index (χ3v) is 2.60. The molecule has 4 nitrogen and oxygen atoms in total. The van der Waals surface area contributed by atoms with Crippen LogP contribution in [0.5, 0.6) is 5.75 Å². The van der Waals surface area contributed by atoms with Gasteiger partial charge in [-0.05, 0) is 38.1 Å². The van der Waals surface area contributed by atoms with Crippen LogP contribution in [-0.4, -0.2) is 25.6 Å². The lowest BCUT2D eigenvalue weighted by atomic mass is 10.2. The van der Waals surface area contributed by atoms with Gasteiger partial charge in [0.1, 0.15) is 0 Å². The number of hydrogen-bond acceptors (Lipinski definition) is 3. The highest BCUT2D eigenvalue weighted by atomic mass is 19.1. The molecule has 0 bridgehead atoms. The van der Waals surface area contributed by atoms with Crippen molar-refractivity contribution in [1.29, 1.82) is 0 Å². The Hall–Kier alpha value is -1.62. The Balaban J connectivity index is 2.63. The molecule has 0 aliphatic rings. The highest BCUT2D eigenvalue weighted by Crippen LogP contribution is 2.19. The molecule has 1 aromatic rings. The lowest BCUT2D eigenvalue weighted by molar-refractivity contribution is -0.127. The number of carbonyl (C=O) groups excluding carboxylic acids is 1. The zero-order valence-corrected chi connectivity index (χ0v) is 11.6. The number of ether oxygens (including phenoxy) is 1. The van der Waals surface area contributed by atoms with Crippen molar-refractivity contribution in [3.05, 3.63) is 29.6 Å². The summed E-state index contributed by atoms with van der Waals surface area (Å²) in [6, 6.07) is 4.72. The number of amides is 1. The molecule has 0 radical (unpaired) electrons. The van der Waals surface area contributed by atoms with Gasteiger partial charge in [-0.2, -0.15) is 0 Å². The van der Waals surface area contributed by atoms with Crippen molar-refractivity contribution in [3.8, 4) is 5.75 Å². The standard InChI is InChI=1S/C14H21FN2O2/c1-4-7-17-14(18)10(2)19-13-6-5-11(9-16-3)8-12(13)15/h5-6,8,10,16H,4,7,9H2,1-3H3,(H,17,18). The molecule has 0 aliphatic heterocycles. The molecular weight excluding hydrogens is 247 g/mol. The molecule has 0 aliphatic carbocycles. The average Bonchev–Trinajstić information content (AvgIpc) is 2.39. The molecule has 5 heteroatoms. The van der Waals surface area contributed by atoms with Crippen molar-refractivity contribution < 1.29 is 13.9 Å². The van der Waals surface area contributed by atoms with Crippen LogP contribution in [0, 0.1) is 5.82 Å². The summed E-state index contributed by atoms with van der Waals surface area (Å²) >= 11 is 0. The van der Waals surface area contributed by atoms with Gasteiger partial charge in [-0.1, -0.05) is 13.0 Å². The summed E-state index contributed by atoms with van der Waals surface area (Å²) in [5.41, 5.74) is 0.829. The van der Waals surface area contributed by atoms with Gasteiger partial charge in [-0.3, -0.25) is 4.79 Å². The van der Waals surface area contributed by atoms with Gasteiger partial charge in [0.2, 0.25) is 0 Å². The minimum atomic E-state index is -0.712. The molecule has 19 heavy (non-hydrogen) atoms. The second-order valence-corrected chi connectivity index (χ2v) is 4.35. The van der Waals surface area contributed by atoms with Crippen molar-refractivity contribution in [1.82, 2.24) is 10.6 Å². The molecule has 2 N–H and O–H groups in total. The largest absolute Gasteiger partial charge is 0.478 e. The van der Waals surface area contributed by atoms with Crippen LogP contribution in [0.3, 0.4) is 0 Å². The van der Waals surface area contributed by atoms with Crippen LogP contribution in [0.2, 0.25) is 0 Å². The van der Waals surface area contributed by atoms with Crippen molar-refractivity contribution in [3.63, 3.8) is 0 Å². The lowest BCUT2D eigenvalue weighted by Gasteiger charge is -2.15. The maximum absolute atomic E-state index is 13.8. The fraction of sp³-hybridized carbons (Fsp3) is 0.500. The summed E-state index contributed by atoms with van der Waals surface area (Å²) in [4.78, 5) is 11.6. The van der Waals surface area contributed by atoms with E-state index < -0.39 is 11.9 Å². The summed E-state index contributed by atoms with van der Waals surface area (Å²) in [5, 5.41) is 5.65. The first-order valence-electron chi connectivity index (χ1n) is 6.45. The van der Waals surface area contributed by atoms with Crippen LogP contribution in [0.1, 0.15) is 25.8 Å². The molecule has 1 aromatic carbocycles. The molecule has 0 fully saturated rings. The van der Waals surface area contributed by atoms with Gasteiger partial charge in [0.15, 0.2) is 17.7 Å². The van der Waals surface area contributed by atoms with Gasteiger partial charge in [-0.15, -0.1) is 0 Å². The van der Waals surface area contributed by atoms with E-state index in [-0.39, 0.29) is 11.7 Å². The van der Waals surface area contributed by atoms with E-state index in [1.165, 1.54) is 6.07 Å². The molecular formula is C14H21FN2O2. The van der Waals surface area contributed by atoms with Gasteiger partial charge < -0.3 is 15.4 Å². The van der Waals surface area contributed by atoms with E-state index >= 15 is 0 Å². The maximum Gasteiger partial charge on any atom is 0.260 e. The van der Waals surface area contributed by atoms with E-state index in [0.29, 0.717) is 13.1 Å². The van der Waals surface area contributed by atoms with E-state index in [1.807, 2.05) is 6.92 Å². The third-order valence-electron chi connectivity index (χ3n) is 2.60. The number of rotatable bonds is 7. The topological polar surface area (TPSA) is 50.4 Å². The first-order valence-corrected chi connectivity index (χ1v) is 6.45. The van der Waals surface area contributed by atoms with Gasteiger partial charge in [0.25, 0.3) is 5.91 Å². The first kappa shape index (κ1) is 15.4. The van der Waals surface area contributed by atoms with Crippen molar-refractivity contribution in [2.75, 3.05) is 13.6 Å². The van der Waals surface area contributed by atoms with Crippen molar-refractivity contribution >= 4 is 5.91 Å². The van der Waals surface area contributed by atoms with Crippen LogP contribution >= 0.6 is 0 Å². The molecule has 1 unspecified atom stereocenters. The smallest absolute Gasteiger partial charge is 0.260 e. The number of benzene rings is 1. The Morgan fingerprint density at radius 2 is 2.21 bits per heavy atom. The average molecular weight is 268 g/mol. The third kappa shape index (κ3) is 4.87. The van der Waals surface area contributed by atoms with Gasteiger partial charge in [0, 0.05) is 13.1 Å². The molecule has 106 valence electrons. The Kier molecular flexibility index (Phi) is 6.29. The van der Waals surface area contributed by atoms with Crippen LogP contribution in [-0.2, 0) is 11.3 Å². The van der Waals surface area contributed by atoms with E-state index in [0.717, 1.165) is 12.0 Å². The maximum atomic E-state index is 13.8. The van der Waals surface area contributed by atoms with Crippen molar-refractivity contribution in [2.45, 2.75) is 32.9 Å². The summed E-state index contributed by atoms with van der Waals surface area (Å²) in [7, 11) is 1.79. The highest BCUT2D eigenvalue weighted by Gasteiger charge is 2.16. The van der Waals surface area contributed by atoms with E-state index in [1.54, 1.807) is 26.1 Å². The summed E-state index contributed by atoms with van der Waals surface area (Å²) in [5.74, 6) is -0.595. The second-order valence-electron chi connectivity index (χ2n) is 4.35. The fourth-order valence-electron chi connectivity index (χ4n) is 1.59. The quantitative estimate of drug-likeness (QED) is 0.793. The van der Waals surface area contributed by atoms with E-state index in [9.17, 15) is 9.18 Å². The molecule has 0 saturated carbocycles. The van der Waals surface area contributed by atoms with Gasteiger partial charge >= 0.3 is 0 Å². The first-order chi connectivity index (χ1) is 9.08. The van der Waals surface area contributed by atoms with Crippen LogP contribution in [0.25, 0.3) is 0 Å². The predicted molar refractivity (Wildman–Crippen MR) is 72.6 cm³/mol. The number of carbonyl (C=O) groups is 1. The van der Waals surface area contributed by atoms with Crippen LogP contribution in [0.15, 0.2) is 18.2 Å². The second kappa shape index (κ2) is 7.74. The monoisotopic (exact) mass is 268 g/mol. The van der Waals surface area contributed by atoms with Crippen molar-refractivity contribution in [2.24, 2.45) is 0 Å². The Morgan fingerprint density at radius 3 is 2.79 bits per heavy atom. The zero-order valence-electron chi connectivity index (χ0n) is 11.6. The minimum absolute atomic E-state index is 0.0963. The molecule has 0 heterocycles. The number of halogens is 1. The number of hydrogen-bond donors (Lipinski definition) is 2. The Labute approximate surface area is 113 Å². The van der Waals surface area contributed by atoms with Crippen LogP contribution in [0.4, 0.5) is 4.39 Å². The van der Waals surface area contributed by atoms with Gasteiger partial charge in [-0.25, -0.2) is 4.39 Å². The predicted octanol–water partition coefficient (Wildman–Crippen LogP) is 1.84. The fourth-order valence-corrected chi connectivity index (χ4v) is 1.59. The van der Waals surface area contributed by atoms with E-state index in [4.69, 9.17) is 4.74 Å².